The Bertz CT molecular complexity index is 1190. The van der Waals surface area contributed by atoms with Gasteiger partial charge in [0.05, 0.1) is 12.4 Å². The summed E-state index contributed by atoms with van der Waals surface area (Å²) < 4.78 is 14.1. The Morgan fingerprint density at radius 1 is 0.771 bits per heavy atom. The first-order valence-corrected chi connectivity index (χ1v) is 20.7. The normalized spacial score (nSPS) is 12.4. The molecule has 0 aromatic heterocycles. The van der Waals surface area contributed by atoms with Crippen LogP contribution in [0.15, 0.2) is 63.6 Å². The van der Waals surface area contributed by atoms with Crippen molar-refractivity contribution in [3.8, 4) is 11.5 Å². The second kappa shape index (κ2) is 13.3. The van der Waals surface area contributed by atoms with Crippen LogP contribution in [0.2, 0.25) is 0 Å². The lowest BCUT2D eigenvalue weighted by atomic mass is 10.2. The summed E-state index contributed by atoms with van der Waals surface area (Å²) in [7, 11) is 3.18. The molecule has 0 fully saturated rings. The smallest absolute Gasteiger partial charge is 0.379 e. The van der Waals surface area contributed by atoms with Gasteiger partial charge in [0.15, 0.2) is 0 Å². The van der Waals surface area contributed by atoms with Crippen LogP contribution >= 0.6 is 61.4 Å². The van der Waals surface area contributed by atoms with E-state index in [2.05, 4.69) is 20.0 Å². The molecule has 0 radical (unpaired) electrons. The largest absolute Gasteiger partial charge is 0.431 e. The van der Waals surface area contributed by atoms with Gasteiger partial charge in [-0.3, -0.25) is 0 Å². The molecule has 0 N–H and O–H groups in total. The predicted octanol–water partition coefficient (Wildman–Crippen LogP) is 8.61. The fraction of sp³-hybridized carbons (Fsp3) is 0.125. The van der Waals surface area contributed by atoms with E-state index in [1.165, 1.54) is 22.0 Å². The molecule has 19 heteroatoms. The zero-order chi connectivity index (χ0) is 26.3. The number of hydrogen-bond acceptors (Lipinski definition) is 7. The third-order valence-electron chi connectivity index (χ3n) is 3.77. The van der Waals surface area contributed by atoms with E-state index in [1.54, 1.807) is 62.6 Å². The molecular formula is C16H16Cl4N7O2P3S3. The quantitative estimate of drug-likeness (QED) is 0.0590. The van der Waals surface area contributed by atoms with Gasteiger partial charge >= 0.3 is 6.64 Å². The number of rotatable bonds is 11. The fourth-order valence-corrected chi connectivity index (χ4v) is 4.68. The zero-order valence-corrected chi connectivity index (χ0v) is 26.0. The first kappa shape index (κ1) is 30.6. The molecule has 35 heavy (non-hydrogen) atoms. The Morgan fingerprint density at radius 2 is 1.11 bits per heavy atom. The predicted molar refractivity (Wildman–Crippen MR) is 160 cm³/mol. The molecule has 0 saturated heterocycles. The van der Waals surface area contributed by atoms with E-state index in [0.29, 0.717) is 11.5 Å². The Morgan fingerprint density at radius 3 is 1.40 bits per heavy atom. The Labute approximate surface area is 237 Å². The van der Waals surface area contributed by atoms with Crippen molar-refractivity contribution in [1.29, 1.82) is 0 Å². The van der Waals surface area contributed by atoms with Gasteiger partial charge in [0.2, 0.25) is 9.79 Å². The maximum absolute atomic E-state index is 8.98. The van der Waals surface area contributed by atoms with Crippen LogP contribution in [0.4, 0.5) is 0 Å². The summed E-state index contributed by atoms with van der Waals surface area (Å²) in [5.41, 5.74) is 10.4. The molecule has 0 saturated carbocycles. The first-order chi connectivity index (χ1) is 16.2. The van der Waals surface area contributed by atoms with Gasteiger partial charge in [0, 0.05) is 23.9 Å². The number of halogens is 4. The number of azide groups is 1. The van der Waals surface area contributed by atoms with E-state index >= 15 is 0 Å². The van der Waals surface area contributed by atoms with Crippen molar-refractivity contribution in [2.24, 2.45) is 15.1 Å². The van der Waals surface area contributed by atoms with E-state index in [-0.39, 0.29) is 0 Å². The first-order valence-electron chi connectivity index (χ1n) is 9.03. The Kier molecular flexibility index (Phi) is 11.6. The van der Waals surface area contributed by atoms with Crippen molar-refractivity contribution < 1.29 is 9.05 Å². The Hall–Kier alpha value is -0.600. The molecule has 2 aromatic rings. The average Bonchev–Trinajstić information content (AvgIpc) is 2.76. The van der Waals surface area contributed by atoms with Crippen LogP contribution in [0.25, 0.3) is 10.4 Å². The third kappa shape index (κ3) is 10.7. The van der Waals surface area contributed by atoms with Crippen LogP contribution in [-0.2, 0) is 35.4 Å². The van der Waals surface area contributed by atoms with Crippen molar-refractivity contribution in [1.82, 2.24) is 9.56 Å². The number of nitrogens with zero attached hydrogens (tertiary/aromatic N) is 7. The topological polar surface area (TPSA) is 98.4 Å². The van der Waals surface area contributed by atoms with Crippen LogP contribution in [0, 0.1) is 0 Å². The highest BCUT2D eigenvalue weighted by Crippen LogP contribution is 2.60. The maximum atomic E-state index is 8.98. The zero-order valence-electron chi connectivity index (χ0n) is 17.8. The lowest BCUT2D eigenvalue weighted by Crippen LogP contribution is -2.01. The lowest BCUT2D eigenvalue weighted by molar-refractivity contribution is 0.487. The molecule has 0 aliphatic heterocycles. The highest BCUT2D eigenvalue weighted by atomic mass is 35.9. The van der Waals surface area contributed by atoms with Crippen LogP contribution in [0.5, 0.6) is 11.5 Å². The summed E-state index contributed by atoms with van der Waals surface area (Å²) >= 11 is 38.9. The molecule has 2 aromatic carbocycles. The van der Waals surface area contributed by atoms with Crippen LogP contribution < -0.4 is 9.05 Å². The van der Waals surface area contributed by atoms with Gasteiger partial charge in [-0.05, 0) is 146 Å². The van der Waals surface area contributed by atoms with Gasteiger partial charge in [-0.2, -0.15) is 10.2 Å². The molecule has 0 unspecified atom stereocenters. The molecule has 0 amide bonds. The van der Waals surface area contributed by atoms with E-state index < -0.39 is 16.4 Å². The molecular weight excluding hydrogens is 653 g/mol. The van der Waals surface area contributed by atoms with Crippen molar-refractivity contribution in [3.05, 3.63) is 70.1 Å². The third-order valence-corrected chi connectivity index (χ3v) is 11.2. The minimum atomic E-state index is -3.43. The second-order valence-electron chi connectivity index (χ2n) is 6.31. The molecule has 188 valence electrons. The summed E-state index contributed by atoms with van der Waals surface area (Å²) in [5.74, 6) is 0.687. The average molecular weight is 669 g/mol. The minimum absolute atomic E-state index is 0.343. The lowest BCUT2D eigenvalue weighted by Gasteiger charge is -2.19. The number of benzene rings is 2. The van der Waals surface area contributed by atoms with Crippen molar-refractivity contribution in [2.45, 2.75) is 0 Å². The van der Waals surface area contributed by atoms with E-state index in [0.717, 1.165) is 11.1 Å². The molecule has 9 nitrogen and oxygen atoms in total. The maximum Gasteiger partial charge on any atom is 0.379 e. The molecule has 0 aliphatic carbocycles. The van der Waals surface area contributed by atoms with Gasteiger partial charge in [-0.15, -0.1) is 0 Å². The number of hydrazone groups is 2. The molecule has 0 spiro atoms. The van der Waals surface area contributed by atoms with Gasteiger partial charge in [0.25, 0.3) is 0 Å². The molecule has 0 bridgehead atoms. The Balaban J connectivity index is 2.11. The summed E-state index contributed by atoms with van der Waals surface area (Å²) in [5, 5.41) is 8.22. The summed E-state index contributed by atoms with van der Waals surface area (Å²) in [4.78, 5) is 0.973. The van der Waals surface area contributed by atoms with Gasteiger partial charge in [0.1, 0.15) is 11.5 Å². The van der Waals surface area contributed by atoms with Crippen LogP contribution in [0.3, 0.4) is 0 Å². The molecule has 0 atom stereocenters. The van der Waals surface area contributed by atoms with Gasteiger partial charge < -0.3 is 9.05 Å². The fourth-order valence-electron chi connectivity index (χ4n) is 2.02. The van der Waals surface area contributed by atoms with Crippen LogP contribution in [-0.4, -0.2) is 36.1 Å². The van der Waals surface area contributed by atoms with Crippen LogP contribution in [0.1, 0.15) is 11.1 Å². The summed E-state index contributed by atoms with van der Waals surface area (Å²) in [6.07, 6.45) is 3.07. The summed E-state index contributed by atoms with van der Waals surface area (Å²) in [6.45, 7) is -3.43. The van der Waals surface area contributed by atoms with Crippen molar-refractivity contribution in [2.75, 3.05) is 14.1 Å². The highest BCUT2D eigenvalue weighted by molar-refractivity contribution is 8.38. The monoisotopic (exact) mass is 667 g/mol. The van der Waals surface area contributed by atoms with E-state index in [1.807, 2.05) is 0 Å². The molecule has 2 rings (SSSR count). The SMILES string of the molecule is CN(/N=C/c1ccc(OP(=S)(N=[N+]=[N-])Oc2ccc(/C=N/N(C)P(=S)(Cl)Cl)cc2)cc1)P(=S)(Cl)Cl. The second-order valence-corrected chi connectivity index (χ2v) is 24.6. The van der Waals surface area contributed by atoms with Gasteiger partial charge in [-0.25, -0.2) is 9.56 Å². The summed E-state index contributed by atoms with van der Waals surface area (Å²) in [6, 6.07) is 13.3. The van der Waals surface area contributed by atoms with E-state index in [9.17, 15) is 0 Å². The van der Waals surface area contributed by atoms with E-state index in [4.69, 9.17) is 95.0 Å². The van der Waals surface area contributed by atoms with Gasteiger partial charge in [-0.1, -0.05) is 0 Å². The van der Waals surface area contributed by atoms with Crippen molar-refractivity contribution in [3.63, 3.8) is 0 Å². The van der Waals surface area contributed by atoms with Crippen molar-refractivity contribution >= 4 is 109 Å². The standard InChI is InChI=1S/C16H16Cl4N7O2P3S3/c1-26(30(17,18)33)22-11-13-3-7-15(8-4-13)28-32(35,25-24-21)29-16-9-5-14(6-10-16)12-23-27(2)31(19,20)34/h3-12H,1-2H3/b22-11+,23-12+. The number of hydrogen-bond donors (Lipinski definition) is 0. The highest BCUT2D eigenvalue weighted by Gasteiger charge is 2.21. The molecule has 0 aliphatic rings. The minimum Gasteiger partial charge on any atom is -0.431 e. The molecule has 0 heterocycles.